The Balaban J connectivity index is 0.000000248. The van der Waals surface area contributed by atoms with Gasteiger partial charge < -0.3 is 42.6 Å². The molecule has 0 saturated carbocycles. The summed E-state index contributed by atoms with van der Waals surface area (Å²) in [6, 6.07) is 49.2. The van der Waals surface area contributed by atoms with Crippen LogP contribution in [-0.2, 0) is 42.6 Å². The highest BCUT2D eigenvalue weighted by molar-refractivity contribution is 5.92. The number of benzene rings is 6. The molecule has 21 nitrogen and oxygen atoms in total. The molecule has 0 spiro atoms. The van der Waals surface area contributed by atoms with Gasteiger partial charge in [-0.3, -0.25) is 0 Å². The lowest BCUT2D eigenvalue weighted by Gasteiger charge is -2.44. The maximum Gasteiger partial charge on any atom is 0.338 e. The Hall–Kier alpha value is -9.62. The fraction of sp³-hybridized carbons (Fsp3) is 0.241. The van der Waals surface area contributed by atoms with Crippen LogP contribution in [0.5, 0.6) is 0 Å². The first-order valence-electron chi connectivity index (χ1n) is 24.4. The van der Waals surface area contributed by atoms with E-state index in [1.807, 2.05) is 0 Å². The van der Waals surface area contributed by atoms with Gasteiger partial charge in [-0.1, -0.05) is 119 Å². The van der Waals surface area contributed by atoms with E-state index >= 15 is 0 Å². The van der Waals surface area contributed by atoms with Gasteiger partial charge in [0.1, 0.15) is 12.2 Å². The maximum atomic E-state index is 13.2. The van der Waals surface area contributed by atoms with Crippen LogP contribution < -0.4 is 0 Å². The number of nitrogens with zero attached hydrogens (tertiary/aromatic N) is 6. The van der Waals surface area contributed by atoms with Gasteiger partial charge in [-0.2, -0.15) is 0 Å². The second kappa shape index (κ2) is 30.2. The largest absolute Gasteiger partial charge is 0.452 e. The molecule has 2 aliphatic rings. The summed E-state index contributed by atoms with van der Waals surface area (Å²) in [6.45, 7) is 7.12. The van der Waals surface area contributed by atoms with Crippen molar-refractivity contribution in [2.45, 2.75) is 68.1 Å². The van der Waals surface area contributed by atoms with Crippen molar-refractivity contribution < 1.29 is 71.4 Å². The zero-order chi connectivity index (χ0) is 56.5. The fourth-order valence-electron chi connectivity index (χ4n) is 8.13. The first-order chi connectivity index (χ1) is 38.5. The van der Waals surface area contributed by atoms with E-state index < -0.39 is 97.0 Å². The molecule has 0 aromatic heterocycles. The average Bonchev–Trinajstić information content (AvgIpc) is 3.51. The molecule has 21 heteroatoms. The second-order valence-corrected chi connectivity index (χ2v) is 16.9. The summed E-state index contributed by atoms with van der Waals surface area (Å²) in [5.74, 6) is -4.36. The smallest absolute Gasteiger partial charge is 0.338 e. The normalized spacial score (nSPS) is 21.7. The number of carbonyl (C=O) groups excluding carboxylic acids is 6. The Morgan fingerprint density at radius 3 is 0.924 bits per heavy atom. The number of rotatable bonds is 17. The number of ether oxygens (including phenoxy) is 9. The van der Waals surface area contributed by atoms with Crippen molar-refractivity contribution in [3.63, 3.8) is 0 Å². The zero-order valence-corrected chi connectivity index (χ0v) is 42.7. The van der Waals surface area contributed by atoms with Crippen LogP contribution in [0.4, 0.5) is 0 Å². The molecule has 4 unspecified atom stereocenters. The molecule has 2 fully saturated rings. The molecule has 2 aliphatic heterocycles. The Labute approximate surface area is 453 Å². The van der Waals surface area contributed by atoms with Gasteiger partial charge in [-0.15, -0.1) is 13.2 Å². The third kappa shape index (κ3) is 16.2. The van der Waals surface area contributed by atoms with Gasteiger partial charge in [0.25, 0.3) is 0 Å². The van der Waals surface area contributed by atoms with E-state index in [0.717, 1.165) is 0 Å². The van der Waals surface area contributed by atoms with Gasteiger partial charge in [-0.05, 0) is 90.8 Å². The molecule has 2 saturated heterocycles. The number of carbonyl (C=O) groups is 6. The van der Waals surface area contributed by atoms with Gasteiger partial charge in [0.2, 0.25) is 0 Å². The van der Waals surface area contributed by atoms with Crippen LogP contribution in [0.15, 0.2) is 205 Å². The van der Waals surface area contributed by atoms with Crippen LogP contribution in [0.25, 0.3) is 20.9 Å². The quantitative estimate of drug-likeness (QED) is 0.0205. The first-order valence-corrected chi connectivity index (χ1v) is 24.4. The van der Waals surface area contributed by atoms with Gasteiger partial charge in [-0.25, -0.2) is 28.8 Å². The lowest BCUT2D eigenvalue weighted by molar-refractivity contribution is -0.285. The van der Waals surface area contributed by atoms with Crippen molar-refractivity contribution >= 4 is 35.8 Å². The van der Waals surface area contributed by atoms with Crippen LogP contribution in [0, 0.1) is 0 Å². The van der Waals surface area contributed by atoms with Crippen LogP contribution in [0.2, 0.25) is 0 Å². The van der Waals surface area contributed by atoms with E-state index in [9.17, 15) is 28.8 Å². The highest BCUT2D eigenvalue weighted by Crippen LogP contribution is 2.33. The summed E-state index contributed by atoms with van der Waals surface area (Å²) in [7, 11) is 1.31. The van der Waals surface area contributed by atoms with Gasteiger partial charge in [0.05, 0.1) is 52.6 Å². The van der Waals surface area contributed by atoms with E-state index in [2.05, 4.69) is 33.2 Å². The molecule has 6 aromatic carbocycles. The monoisotopic (exact) mass is 1070 g/mol. The Kier molecular flexibility index (Phi) is 22.4. The Morgan fingerprint density at radius 2 is 0.646 bits per heavy atom. The molecule has 0 N–H and O–H groups in total. The molecule has 8 rings (SSSR count). The number of hydrogen-bond acceptors (Lipinski definition) is 17. The molecule has 0 radical (unpaired) electrons. The molecular weight excluding hydrogens is 1020 g/mol. The van der Waals surface area contributed by atoms with Gasteiger partial charge in [0.15, 0.2) is 42.9 Å². The minimum absolute atomic E-state index is 0.214. The molecular formula is C58H54N6O15. The minimum Gasteiger partial charge on any atom is -0.452 e. The Bertz CT molecular complexity index is 3040. The average molecular weight is 1080 g/mol. The van der Waals surface area contributed by atoms with E-state index in [1.54, 1.807) is 189 Å². The molecule has 79 heavy (non-hydrogen) atoms. The third-order valence-corrected chi connectivity index (χ3v) is 11.9. The summed E-state index contributed by atoms with van der Waals surface area (Å²) >= 11 is 0. The molecule has 2 heterocycles. The van der Waals surface area contributed by atoms with E-state index in [1.165, 1.54) is 7.11 Å². The number of esters is 6. The third-order valence-electron chi connectivity index (χ3n) is 11.9. The summed E-state index contributed by atoms with van der Waals surface area (Å²) in [5.41, 5.74) is 19.3. The molecule has 0 bridgehead atoms. The van der Waals surface area contributed by atoms with Crippen LogP contribution in [-0.4, -0.2) is 117 Å². The van der Waals surface area contributed by atoms with E-state index in [-0.39, 0.29) is 46.5 Å². The predicted octanol–water partition coefficient (Wildman–Crippen LogP) is 9.91. The second-order valence-electron chi connectivity index (χ2n) is 16.9. The van der Waals surface area contributed by atoms with Gasteiger partial charge >= 0.3 is 35.8 Å². The van der Waals surface area contributed by atoms with Crippen LogP contribution in [0.3, 0.4) is 0 Å². The van der Waals surface area contributed by atoms with E-state index in [0.29, 0.717) is 0 Å². The standard InChI is InChI=1S/C28H25N3O8.C28H25N3O7.C2H4/c1-35-28-24(39-27(34)20-15-9-4-10-16-20)23(38-26(33)19-13-7-3-8-14-19)22(21(36-28)17-30-31-29)37-25(32)18-11-5-2-6-12-18;1-18-23(36-26(32)19-11-5-2-6-12-19)25(38-28(34)21-15-9-4-10-16-21)24(22(35-18)17-30-31-29)37-27(33)20-13-7-3-8-14-20;1-2/h2-16,21-24,28H,17H2,1H3;2-16,18,22-25H,17H2,1H3;1-2H2/t21?,22-,23+,24?,28+;18-,22?,23?,24-,25-;/m11./s1. The SMILES string of the molecule is C=C.CO[C@H]1OC(CN=[N+]=[N-])[C@@H](OC(=O)c2ccccc2)[C@H](OC(=O)c2ccccc2)C1OC(=O)c1ccccc1.C[C@H]1OC(CN=[N+]=[N-])[C@@H](OC(=O)c2ccccc2)[C@H](OC(=O)c2ccccc2)C1OC(=O)c1ccccc1. The van der Waals surface area contributed by atoms with Crippen LogP contribution >= 0.6 is 0 Å². The van der Waals surface area contributed by atoms with E-state index in [4.69, 9.17) is 53.7 Å². The van der Waals surface area contributed by atoms with Crippen molar-refractivity contribution in [3.05, 3.63) is 249 Å². The van der Waals surface area contributed by atoms with Crippen molar-refractivity contribution in [3.8, 4) is 0 Å². The predicted molar refractivity (Wildman–Crippen MR) is 283 cm³/mol. The summed E-state index contributed by atoms with van der Waals surface area (Å²) in [6.07, 6.45) is -11.9. The molecule has 0 amide bonds. The lowest BCUT2D eigenvalue weighted by atomic mass is 9.94. The first kappa shape index (κ1) is 58.6. The highest BCUT2D eigenvalue weighted by atomic mass is 16.7. The molecule has 406 valence electrons. The molecule has 10 atom stereocenters. The number of hydrogen-bond donors (Lipinski definition) is 0. The van der Waals surface area contributed by atoms with Crippen molar-refractivity contribution in [2.24, 2.45) is 10.2 Å². The number of methoxy groups -OCH3 is 1. The summed E-state index contributed by atoms with van der Waals surface area (Å²) in [4.78, 5) is 83.9. The lowest BCUT2D eigenvalue weighted by Crippen LogP contribution is -2.62. The Morgan fingerprint density at radius 1 is 0.405 bits per heavy atom. The van der Waals surface area contributed by atoms with Crippen molar-refractivity contribution in [2.75, 3.05) is 20.2 Å². The summed E-state index contributed by atoms with van der Waals surface area (Å²) < 4.78 is 52.1. The molecule has 0 aliphatic carbocycles. The zero-order valence-electron chi connectivity index (χ0n) is 42.7. The number of azide groups is 2. The minimum atomic E-state index is -1.39. The van der Waals surface area contributed by atoms with Crippen molar-refractivity contribution in [1.82, 2.24) is 0 Å². The molecule has 6 aromatic rings. The van der Waals surface area contributed by atoms with Crippen LogP contribution in [0.1, 0.15) is 69.1 Å². The fourth-order valence-corrected chi connectivity index (χ4v) is 8.13. The van der Waals surface area contributed by atoms with Gasteiger partial charge in [0, 0.05) is 16.9 Å². The maximum absolute atomic E-state index is 13.2. The topological polar surface area (TPSA) is 283 Å². The highest BCUT2D eigenvalue weighted by Gasteiger charge is 2.53. The summed E-state index contributed by atoms with van der Waals surface area (Å²) in [5, 5.41) is 7.14. The van der Waals surface area contributed by atoms with Crippen molar-refractivity contribution in [1.29, 1.82) is 0 Å².